The van der Waals surface area contributed by atoms with E-state index in [0.717, 1.165) is 72.1 Å². The van der Waals surface area contributed by atoms with E-state index in [2.05, 4.69) is 74.5 Å². The number of carbonyl (C=O) groups excluding carboxylic acids is 1. The fraction of sp³-hybridized carbons (Fsp3) is 0.293. The van der Waals surface area contributed by atoms with Crippen LogP contribution in [0.4, 0.5) is 5.95 Å². The lowest BCUT2D eigenvalue weighted by Crippen LogP contribution is -2.51. The second kappa shape index (κ2) is 15.7. The van der Waals surface area contributed by atoms with Crippen molar-refractivity contribution in [1.82, 2.24) is 20.2 Å². The van der Waals surface area contributed by atoms with Gasteiger partial charge in [-0.1, -0.05) is 97.9 Å². The van der Waals surface area contributed by atoms with Crippen LogP contribution in [0.1, 0.15) is 51.9 Å². The van der Waals surface area contributed by atoms with Crippen molar-refractivity contribution < 1.29 is 19.4 Å². The summed E-state index contributed by atoms with van der Waals surface area (Å²) >= 11 is 0. The molecule has 0 saturated carbocycles. The Morgan fingerprint density at radius 2 is 1.48 bits per heavy atom. The van der Waals surface area contributed by atoms with Gasteiger partial charge in [-0.2, -0.15) is 0 Å². The van der Waals surface area contributed by atoms with E-state index in [1.165, 1.54) is 0 Å². The van der Waals surface area contributed by atoms with Crippen molar-refractivity contribution in [3.05, 3.63) is 149 Å². The smallest absolute Gasteiger partial charge is 0.251 e. The van der Waals surface area contributed by atoms with Crippen LogP contribution in [0.3, 0.4) is 0 Å². The molecule has 0 aliphatic carbocycles. The maximum atomic E-state index is 12.7. The monoisotopic (exact) mass is 669 g/mol. The van der Waals surface area contributed by atoms with Crippen LogP contribution in [-0.2, 0) is 22.6 Å². The number of nitrogens with one attached hydrogen (secondary N) is 1. The second-order valence-corrected chi connectivity index (χ2v) is 13.0. The van der Waals surface area contributed by atoms with Crippen molar-refractivity contribution in [2.45, 2.75) is 38.6 Å². The summed E-state index contributed by atoms with van der Waals surface area (Å²) < 4.78 is 13.5. The Hall–Kier alpha value is -4.93. The molecule has 7 rings (SSSR count). The van der Waals surface area contributed by atoms with Gasteiger partial charge in [0.25, 0.3) is 5.91 Å². The summed E-state index contributed by atoms with van der Waals surface area (Å²) in [6.07, 6.45) is 2.78. The predicted molar refractivity (Wildman–Crippen MR) is 193 cm³/mol. The van der Waals surface area contributed by atoms with E-state index >= 15 is 0 Å². The Morgan fingerprint density at radius 1 is 0.800 bits per heavy atom. The highest BCUT2D eigenvalue weighted by Crippen LogP contribution is 2.42. The number of benzene rings is 4. The van der Waals surface area contributed by atoms with Gasteiger partial charge in [0.1, 0.15) is 0 Å². The van der Waals surface area contributed by atoms with E-state index in [1.54, 1.807) is 12.4 Å². The Morgan fingerprint density at radius 3 is 2.20 bits per heavy atom. The normalized spacial score (nSPS) is 21.1. The number of aliphatic hydroxyl groups is 1. The lowest BCUT2D eigenvalue weighted by Gasteiger charge is -2.44. The van der Waals surface area contributed by atoms with Crippen molar-refractivity contribution in [3.63, 3.8) is 0 Å². The summed E-state index contributed by atoms with van der Waals surface area (Å²) in [7, 11) is 0. The lowest BCUT2D eigenvalue weighted by molar-refractivity contribution is -0.276. The van der Waals surface area contributed by atoms with Crippen molar-refractivity contribution >= 4 is 11.9 Å². The maximum Gasteiger partial charge on any atom is 0.251 e. The van der Waals surface area contributed by atoms with Gasteiger partial charge in [0, 0.05) is 68.7 Å². The largest absolute Gasteiger partial charge is 0.392 e. The van der Waals surface area contributed by atoms with Crippen LogP contribution < -0.4 is 10.2 Å². The van der Waals surface area contributed by atoms with Crippen molar-refractivity contribution in [2.75, 3.05) is 37.6 Å². The van der Waals surface area contributed by atoms with Gasteiger partial charge in [0.15, 0.2) is 6.29 Å². The topological polar surface area (TPSA) is 100 Å². The third-order valence-electron chi connectivity index (χ3n) is 9.76. The number of piperazine rings is 1. The molecule has 2 aliphatic rings. The summed E-state index contributed by atoms with van der Waals surface area (Å²) in [5.74, 6) is 0.773. The zero-order valence-electron chi connectivity index (χ0n) is 28.3. The Balaban J connectivity index is 1.07. The molecule has 4 unspecified atom stereocenters. The number of amides is 1. The number of aromatic nitrogens is 2. The molecule has 3 heterocycles. The van der Waals surface area contributed by atoms with E-state index in [0.29, 0.717) is 12.1 Å². The molecule has 2 saturated heterocycles. The number of nitrogens with zero attached hydrogens (tertiary/aromatic N) is 4. The van der Waals surface area contributed by atoms with Crippen molar-refractivity contribution in [2.24, 2.45) is 5.92 Å². The van der Waals surface area contributed by atoms with Crippen LogP contribution in [0.15, 0.2) is 122 Å². The van der Waals surface area contributed by atoms with E-state index in [-0.39, 0.29) is 30.6 Å². The third kappa shape index (κ3) is 7.77. The van der Waals surface area contributed by atoms with Gasteiger partial charge < -0.3 is 24.8 Å². The molecule has 1 aromatic heterocycles. The quantitative estimate of drug-likeness (QED) is 0.182. The molecule has 2 fully saturated rings. The van der Waals surface area contributed by atoms with E-state index in [4.69, 9.17) is 9.47 Å². The molecule has 0 bridgehead atoms. The first kappa shape index (κ1) is 33.6. The summed E-state index contributed by atoms with van der Waals surface area (Å²) in [6, 6.07) is 35.7. The minimum absolute atomic E-state index is 0.00455. The molecule has 5 aromatic rings. The molecule has 9 nitrogen and oxygen atoms in total. The highest BCUT2D eigenvalue weighted by atomic mass is 16.7. The average Bonchev–Trinajstić information content (AvgIpc) is 3.19. The van der Waals surface area contributed by atoms with Crippen LogP contribution >= 0.6 is 0 Å². The molecule has 50 heavy (non-hydrogen) atoms. The Kier molecular flexibility index (Phi) is 10.6. The minimum Gasteiger partial charge on any atom is -0.392 e. The predicted octanol–water partition coefficient (Wildman–Crippen LogP) is 6.18. The van der Waals surface area contributed by atoms with Crippen molar-refractivity contribution in [3.8, 4) is 11.1 Å². The second-order valence-electron chi connectivity index (χ2n) is 13.0. The molecule has 2 N–H and O–H groups in total. The van der Waals surface area contributed by atoms with Gasteiger partial charge in [-0.3, -0.25) is 9.69 Å². The summed E-state index contributed by atoms with van der Waals surface area (Å²) in [5.41, 5.74) is 6.68. The van der Waals surface area contributed by atoms with Gasteiger partial charge in [-0.05, 0) is 46.0 Å². The third-order valence-corrected chi connectivity index (χ3v) is 9.76. The van der Waals surface area contributed by atoms with Gasteiger partial charge in [-0.15, -0.1) is 0 Å². The summed E-state index contributed by atoms with van der Waals surface area (Å²) in [5, 5.41) is 12.7. The molecule has 0 spiro atoms. The van der Waals surface area contributed by atoms with E-state index in [1.807, 2.05) is 66.7 Å². The molecular weight excluding hydrogens is 626 g/mol. The first-order valence-electron chi connectivity index (χ1n) is 17.3. The average molecular weight is 670 g/mol. The van der Waals surface area contributed by atoms with Crippen LogP contribution in [0.25, 0.3) is 11.1 Å². The van der Waals surface area contributed by atoms with Gasteiger partial charge in [-0.25, -0.2) is 9.97 Å². The number of anilines is 1. The van der Waals surface area contributed by atoms with Gasteiger partial charge in [0.2, 0.25) is 5.95 Å². The van der Waals surface area contributed by atoms with Gasteiger partial charge in [0.05, 0.1) is 18.8 Å². The number of ether oxygens (including phenoxy) is 2. The maximum absolute atomic E-state index is 12.7. The van der Waals surface area contributed by atoms with E-state index in [9.17, 15) is 9.90 Å². The zero-order valence-corrected chi connectivity index (χ0v) is 28.3. The highest BCUT2D eigenvalue weighted by molar-refractivity contribution is 5.94. The SMILES string of the molecule is CC1C(CN2CCN(c3ncccn3)CC2)OC(c2ccc(-c3ccccc3CNC(=O)c3ccccc3)cc2)OC1c1ccc(CO)cc1. The van der Waals surface area contributed by atoms with Gasteiger partial charge >= 0.3 is 0 Å². The molecule has 256 valence electrons. The van der Waals surface area contributed by atoms with Crippen LogP contribution in [0.5, 0.6) is 0 Å². The highest BCUT2D eigenvalue weighted by Gasteiger charge is 2.39. The lowest BCUT2D eigenvalue weighted by atomic mass is 9.89. The Bertz CT molecular complexity index is 1830. The summed E-state index contributed by atoms with van der Waals surface area (Å²) in [4.78, 5) is 26.3. The van der Waals surface area contributed by atoms with Crippen LogP contribution in [0, 0.1) is 5.92 Å². The molecule has 4 aromatic carbocycles. The standard InChI is InChI=1S/C41H43N5O4/c1-29-37(27-45-22-24-46(25-23-45)41-42-20-7-21-43-41)49-40(50-38(29)32-14-12-30(28-47)13-15-32)34-18-16-31(17-19-34)36-11-6-5-10-35(36)26-44-39(48)33-8-3-2-4-9-33/h2-21,29,37-38,40,47H,22-28H2,1H3,(H,44,48). The van der Waals surface area contributed by atoms with Crippen LogP contribution in [0.2, 0.25) is 0 Å². The number of rotatable bonds is 10. The van der Waals surface area contributed by atoms with E-state index < -0.39 is 6.29 Å². The summed E-state index contributed by atoms with van der Waals surface area (Å²) in [6.45, 7) is 6.92. The molecule has 2 aliphatic heterocycles. The molecule has 1 amide bonds. The first-order chi connectivity index (χ1) is 24.6. The fourth-order valence-corrected chi connectivity index (χ4v) is 6.81. The fourth-order valence-electron chi connectivity index (χ4n) is 6.81. The first-order valence-corrected chi connectivity index (χ1v) is 17.3. The number of carbonyl (C=O) groups is 1. The molecule has 4 atom stereocenters. The number of hydrogen-bond acceptors (Lipinski definition) is 8. The molecule has 9 heteroatoms. The van der Waals surface area contributed by atoms with Crippen LogP contribution in [-0.4, -0.2) is 64.7 Å². The zero-order chi connectivity index (χ0) is 34.3. The Labute approximate surface area is 293 Å². The molecule has 0 radical (unpaired) electrons. The molecular formula is C41H43N5O4. The number of hydrogen-bond donors (Lipinski definition) is 2. The number of aliphatic hydroxyl groups excluding tert-OH is 1. The van der Waals surface area contributed by atoms with Crippen molar-refractivity contribution in [1.29, 1.82) is 0 Å². The minimum atomic E-state index is -0.549.